The first-order valence-corrected chi connectivity index (χ1v) is 7.67. The van der Waals surface area contributed by atoms with Gasteiger partial charge in [-0.15, -0.1) is 0 Å². The predicted octanol–water partition coefficient (Wildman–Crippen LogP) is 0.460. The van der Waals surface area contributed by atoms with Gasteiger partial charge in [-0.3, -0.25) is 24.5 Å². The number of pyridine rings is 1. The molecule has 9 heteroatoms. The third kappa shape index (κ3) is 3.66. The van der Waals surface area contributed by atoms with Crippen molar-refractivity contribution >= 4 is 17.6 Å². The number of hydrogen-bond acceptors (Lipinski definition) is 6. The highest BCUT2D eigenvalue weighted by atomic mass is 16.3. The van der Waals surface area contributed by atoms with Gasteiger partial charge in [0, 0.05) is 18.8 Å². The number of carbonyl (C=O) groups is 3. The number of carbonyl (C=O) groups excluding carboxylic acids is 3. The van der Waals surface area contributed by atoms with Crippen LogP contribution in [-0.2, 0) is 16.0 Å². The van der Waals surface area contributed by atoms with Crippen molar-refractivity contribution in [2.24, 2.45) is 5.73 Å². The van der Waals surface area contributed by atoms with Crippen molar-refractivity contribution < 1.29 is 18.8 Å². The third-order valence-electron chi connectivity index (χ3n) is 3.68. The summed E-state index contributed by atoms with van der Waals surface area (Å²) in [4.78, 5) is 40.2. The van der Waals surface area contributed by atoms with Crippen molar-refractivity contribution in [3.05, 3.63) is 60.4 Å². The number of rotatable bonds is 7. The van der Waals surface area contributed by atoms with E-state index in [0.29, 0.717) is 16.8 Å². The largest absolute Gasteiger partial charge is 0.472 e. The molecule has 3 rings (SSSR count). The molecule has 0 bridgehead atoms. The Bertz CT molecular complexity index is 918. The summed E-state index contributed by atoms with van der Waals surface area (Å²) >= 11 is 0. The van der Waals surface area contributed by atoms with Gasteiger partial charge >= 0.3 is 0 Å². The van der Waals surface area contributed by atoms with Crippen molar-refractivity contribution in [1.82, 2.24) is 20.5 Å². The molecule has 0 saturated heterocycles. The molecule has 2 amide bonds. The standard InChI is InChI=1S/C17H15N5O4/c18-16(24)15(23)13(7-10-4-6-26-9-10)21-17(25)14-11(8-20-22-14)12-3-1-2-5-19-12/h1-6,8-9,13H,7H2,(H2,18,24)(H,20,22)(H,21,25). The molecule has 3 aromatic rings. The molecule has 1 atom stereocenters. The minimum atomic E-state index is -1.13. The summed E-state index contributed by atoms with van der Waals surface area (Å²) in [5, 5.41) is 9.04. The highest BCUT2D eigenvalue weighted by Gasteiger charge is 2.28. The number of H-pyrrole nitrogens is 1. The Morgan fingerprint density at radius 1 is 1.27 bits per heavy atom. The van der Waals surface area contributed by atoms with Crippen LogP contribution >= 0.6 is 0 Å². The molecule has 0 radical (unpaired) electrons. The van der Waals surface area contributed by atoms with Crippen LogP contribution in [0.2, 0.25) is 0 Å². The van der Waals surface area contributed by atoms with Crippen LogP contribution in [0.3, 0.4) is 0 Å². The van der Waals surface area contributed by atoms with Crippen LogP contribution in [0, 0.1) is 0 Å². The quantitative estimate of drug-likeness (QED) is 0.526. The number of aromatic amines is 1. The van der Waals surface area contributed by atoms with E-state index in [1.807, 2.05) is 0 Å². The maximum absolute atomic E-state index is 12.6. The number of Topliss-reactive ketones (excluding diaryl/α,β-unsaturated/α-hetero) is 1. The summed E-state index contributed by atoms with van der Waals surface area (Å²) in [6.07, 6.45) is 6.02. The first-order chi connectivity index (χ1) is 12.6. The molecule has 0 aliphatic rings. The van der Waals surface area contributed by atoms with Gasteiger partial charge in [-0.25, -0.2) is 0 Å². The van der Waals surface area contributed by atoms with E-state index < -0.39 is 23.6 Å². The molecule has 0 aromatic carbocycles. The van der Waals surface area contributed by atoms with Gasteiger partial charge in [-0.2, -0.15) is 5.10 Å². The number of furan rings is 1. The minimum Gasteiger partial charge on any atom is -0.472 e. The van der Waals surface area contributed by atoms with Crippen molar-refractivity contribution in [2.45, 2.75) is 12.5 Å². The molecule has 0 fully saturated rings. The van der Waals surface area contributed by atoms with E-state index in [1.54, 1.807) is 30.5 Å². The van der Waals surface area contributed by atoms with Crippen LogP contribution in [0.4, 0.5) is 0 Å². The fourth-order valence-electron chi connectivity index (χ4n) is 2.43. The number of hydrogen-bond donors (Lipinski definition) is 3. The zero-order valence-corrected chi connectivity index (χ0v) is 13.5. The lowest BCUT2D eigenvalue weighted by atomic mass is 10.0. The van der Waals surface area contributed by atoms with Gasteiger partial charge in [0.1, 0.15) is 6.04 Å². The van der Waals surface area contributed by atoms with Gasteiger partial charge in [-0.05, 0) is 23.8 Å². The normalized spacial score (nSPS) is 11.7. The second kappa shape index (κ2) is 7.43. The Balaban J connectivity index is 1.83. The van der Waals surface area contributed by atoms with Gasteiger partial charge in [0.15, 0.2) is 5.69 Å². The number of nitrogens with one attached hydrogen (secondary N) is 2. The van der Waals surface area contributed by atoms with Crippen LogP contribution in [0.1, 0.15) is 16.1 Å². The molecule has 0 spiro atoms. The molecular formula is C17H15N5O4. The summed E-state index contributed by atoms with van der Waals surface area (Å²) in [5.41, 5.74) is 6.79. The molecule has 0 aliphatic heterocycles. The van der Waals surface area contributed by atoms with Crippen molar-refractivity contribution in [3.8, 4) is 11.3 Å². The highest BCUT2D eigenvalue weighted by Crippen LogP contribution is 2.19. The Morgan fingerprint density at radius 2 is 2.12 bits per heavy atom. The van der Waals surface area contributed by atoms with Gasteiger partial charge < -0.3 is 15.5 Å². The van der Waals surface area contributed by atoms with E-state index in [4.69, 9.17) is 10.2 Å². The van der Waals surface area contributed by atoms with Gasteiger partial charge in [0.05, 0.1) is 23.8 Å². The Labute approximate surface area is 147 Å². The van der Waals surface area contributed by atoms with E-state index >= 15 is 0 Å². The summed E-state index contributed by atoms with van der Waals surface area (Å²) < 4.78 is 4.94. The molecule has 26 heavy (non-hydrogen) atoms. The van der Waals surface area contributed by atoms with Gasteiger partial charge in [0.2, 0.25) is 5.78 Å². The second-order valence-electron chi connectivity index (χ2n) is 5.45. The number of primary amides is 1. The molecule has 1 unspecified atom stereocenters. The fraction of sp³-hybridized carbons (Fsp3) is 0.118. The Kier molecular flexibility index (Phi) is 4.88. The smallest absolute Gasteiger partial charge is 0.287 e. The predicted molar refractivity (Wildman–Crippen MR) is 89.7 cm³/mol. The zero-order chi connectivity index (χ0) is 18.5. The van der Waals surface area contributed by atoms with Gasteiger partial charge in [0.25, 0.3) is 11.8 Å². The van der Waals surface area contributed by atoms with Gasteiger partial charge in [-0.1, -0.05) is 6.07 Å². The first kappa shape index (κ1) is 17.1. The lowest BCUT2D eigenvalue weighted by Crippen LogP contribution is -2.47. The minimum absolute atomic E-state index is 0.0539. The molecule has 3 heterocycles. The molecule has 0 aliphatic carbocycles. The number of nitrogens with two attached hydrogens (primary N) is 1. The average molecular weight is 353 g/mol. The fourth-order valence-corrected chi connectivity index (χ4v) is 2.43. The van der Waals surface area contributed by atoms with E-state index in [0.717, 1.165) is 0 Å². The van der Waals surface area contributed by atoms with Crippen LogP contribution < -0.4 is 11.1 Å². The first-order valence-electron chi connectivity index (χ1n) is 7.67. The number of nitrogens with zero attached hydrogens (tertiary/aromatic N) is 2. The summed E-state index contributed by atoms with van der Waals surface area (Å²) in [6.45, 7) is 0. The van der Waals surface area contributed by atoms with E-state index in [1.165, 1.54) is 18.7 Å². The Morgan fingerprint density at radius 3 is 2.77 bits per heavy atom. The maximum atomic E-state index is 12.6. The topological polar surface area (TPSA) is 144 Å². The van der Waals surface area contributed by atoms with E-state index in [-0.39, 0.29) is 12.1 Å². The Hall–Kier alpha value is -3.75. The zero-order valence-electron chi connectivity index (χ0n) is 13.5. The highest BCUT2D eigenvalue weighted by molar-refractivity contribution is 6.38. The number of ketones is 1. The lowest BCUT2D eigenvalue weighted by Gasteiger charge is -2.15. The number of aromatic nitrogens is 3. The van der Waals surface area contributed by atoms with Crippen molar-refractivity contribution in [1.29, 1.82) is 0 Å². The van der Waals surface area contributed by atoms with E-state index in [2.05, 4.69) is 20.5 Å². The SMILES string of the molecule is NC(=O)C(=O)C(Cc1ccoc1)NC(=O)c1n[nH]cc1-c1ccccn1. The van der Waals surface area contributed by atoms with Crippen molar-refractivity contribution in [2.75, 3.05) is 0 Å². The molecular weight excluding hydrogens is 338 g/mol. The third-order valence-corrected chi connectivity index (χ3v) is 3.68. The lowest BCUT2D eigenvalue weighted by molar-refractivity contribution is -0.137. The van der Waals surface area contributed by atoms with Crippen LogP contribution in [-0.4, -0.2) is 38.8 Å². The van der Waals surface area contributed by atoms with Crippen LogP contribution in [0.15, 0.2) is 53.6 Å². The average Bonchev–Trinajstić information content (AvgIpc) is 3.32. The molecule has 3 aromatic heterocycles. The summed E-state index contributed by atoms with van der Waals surface area (Å²) in [6, 6.07) is 5.73. The second-order valence-corrected chi connectivity index (χ2v) is 5.45. The molecule has 4 N–H and O–H groups in total. The molecule has 132 valence electrons. The van der Waals surface area contributed by atoms with Crippen LogP contribution in [0.5, 0.6) is 0 Å². The molecule has 9 nitrogen and oxygen atoms in total. The monoisotopic (exact) mass is 353 g/mol. The number of amides is 2. The van der Waals surface area contributed by atoms with Crippen LogP contribution in [0.25, 0.3) is 11.3 Å². The summed E-state index contributed by atoms with van der Waals surface area (Å²) in [5.74, 6) is -2.67. The summed E-state index contributed by atoms with van der Waals surface area (Å²) in [7, 11) is 0. The maximum Gasteiger partial charge on any atom is 0.287 e. The molecule has 0 saturated carbocycles. The van der Waals surface area contributed by atoms with E-state index in [9.17, 15) is 14.4 Å². The van der Waals surface area contributed by atoms with Crippen molar-refractivity contribution in [3.63, 3.8) is 0 Å².